The van der Waals surface area contributed by atoms with Gasteiger partial charge in [-0.25, -0.2) is 4.79 Å². The molecule has 1 atom stereocenters. The Balaban J connectivity index is 2.30. The summed E-state index contributed by atoms with van der Waals surface area (Å²) in [7, 11) is 1.84. The average Bonchev–Trinajstić information content (AvgIpc) is 2.60. The molecule has 70 valence electrons. The largest absolute Gasteiger partial charge is 0.438 e. The molecule has 0 aromatic carbocycles. The molecule has 0 saturated carbocycles. The molecular weight excluding hydrogens is 170 g/mol. The Morgan fingerprint density at radius 1 is 1.77 bits per heavy atom. The molecular formula is C8H11N3O2. The van der Waals surface area contributed by atoms with Gasteiger partial charge in [-0.2, -0.15) is 5.10 Å². The predicted molar refractivity (Wildman–Crippen MR) is 45.2 cm³/mol. The van der Waals surface area contributed by atoms with Gasteiger partial charge in [0.2, 0.25) is 0 Å². The summed E-state index contributed by atoms with van der Waals surface area (Å²) in [6.07, 6.45) is 1.21. The standard InChI is InChI=1S/C8H11N3O2/c1-5-3-10-11(2)7(5)6-4-9-8(12)13-6/h3,6H,4H2,1-2H3,(H,9,12). The average molecular weight is 181 g/mol. The van der Waals surface area contributed by atoms with E-state index in [1.807, 2.05) is 14.0 Å². The van der Waals surface area contributed by atoms with Crippen molar-refractivity contribution in [3.63, 3.8) is 0 Å². The Hall–Kier alpha value is -1.52. The molecule has 1 saturated heterocycles. The van der Waals surface area contributed by atoms with Crippen molar-refractivity contribution in [2.24, 2.45) is 7.05 Å². The first-order valence-corrected chi connectivity index (χ1v) is 4.11. The lowest BCUT2D eigenvalue weighted by atomic mass is 10.2. The van der Waals surface area contributed by atoms with Crippen LogP contribution in [0, 0.1) is 6.92 Å². The molecule has 1 aromatic heterocycles. The summed E-state index contributed by atoms with van der Waals surface area (Å²) in [5.74, 6) is 0. The van der Waals surface area contributed by atoms with Crippen LogP contribution in [0.5, 0.6) is 0 Å². The highest BCUT2D eigenvalue weighted by molar-refractivity contribution is 5.69. The molecule has 1 unspecified atom stereocenters. The summed E-state index contributed by atoms with van der Waals surface area (Å²) >= 11 is 0. The zero-order valence-electron chi connectivity index (χ0n) is 7.57. The molecule has 1 N–H and O–H groups in total. The van der Waals surface area contributed by atoms with Crippen LogP contribution in [0.4, 0.5) is 4.79 Å². The van der Waals surface area contributed by atoms with Crippen LogP contribution >= 0.6 is 0 Å². The summed E-state index contributed by atoms with van der Waals surface area (Å²) in [6.45, 7) is 2.48. The number of cyclic esters (lactones) is 1. The number of hydrogen-bond acceptors (Lipinski definition) is 3. The maximum Gasteiger partial charge on any atom is 0.408 e. The zero-order chi connectivity index (χ0) is 9.42. The number of aromatic nitrogens is 2. The Labute approximate surface area is 75.7 Å². The van der Waals surface area contributed by atoms with Crippen molar-refractivity contribution in [3.05, 3.63) is 17.5 Å². The maximum atomic E-state index is 10.8. The molecule has 13 heavy (non-hydrogen) atoms. The highest BCUT2D eigenvalue weighted by Crippen LogP contribution is 2.22. The summed E-state index contributed by atoms with van der Waals surface area (Å²) in [5, 5.41) is 6.69. The van der Waals surface area contributed by atoms with Crippen molar-refractivity contribution in [2.75, 3.05) is 6.54 Å². The van der Waals surface area contributed by atoms with Crippen LogP contribution in [0.3, 0.4) is 0 Å². The summed E-state index contributed by atoms with van der Waals surface area (Å²) in [5.41, 5.74) is 2.00. The molecule has 1 aromatic rings. The van der Waals surface area contributed by atoms with Crippen molar-refractivity contribution < 1.29 is 9.53 Å². The number of ether oxygens (including phenoxy) is 1. The first kappa shape index (κ1) is 8.10. The second kappa shape index (κ2) is 2.76. The number of carbonyl (C=O) groups excluding carboxylic acids is 1. The van der Waals surface area contributed by atoms with Gasteiger partial charge in [0.05, 0.1) is 18.4 Å². The quantitative estimate of drug-likeness (QED) is 0.686. The van der Waals surface area contributed by atoms with Crippen LogP contribution in [0.25, 0.3) is 0 Å². The van der Waals surface area contributed by atoms with E-state index < -0.39 is 0 Å². The smallest absolute Gasteiger partial charge is 0.408 e. The molecule has 1 aliphatic rings. The van der Waals surface area contributed by atoms with Gasteiger partial charge < -0.3 is 10.1 Å². The molecule has 0 bridgehead atoms. The molecule has 1 aliphatic heterocycles. The minimum atomic E-state index is -0.356. The van der Waals surface area contributed by atoms with E-state index in [0.717, 1.165) is 11.3 Å². The number of amides is 1. The molecule has 0 radical (unpaired) electrons. The third kappa shape index (κ3) is 1.26. The van der Waals surface area contributed by atoms with Crippen molar-refractivity contribution in [1.29, 1.82) is 0 Å². The number of aryl methyl sites for hydroxylation is 2. The first-order valence-electron chi connectivity index (χ1n) is 4.11. The fourth-order valence-corrected chi connectivity index (χ4v) is 1.56. The van der Waals surface area contributed by atoms with Crippen LogP contribution in [-0.4, -0.2) is 22.4 Å². The molecule has 2 heterocycles. The van der Waals surface area contributed by atoms with Crippen molar-refractivity contribution in [3.8, 4) is 0 Å². The monoisotopic (exact) mass is 181 g/mol. The molecule has 0 aliphatic carbocycles. The van der Waals surface area contributed by atoms with E-state index >= 15 is 0 Å². The SMILES string of the molecule is Cc1cnn(C)c1C1CNC(=O)O1. The fraction of sp³-hybridized carbons (Fsp3) is 0.500. The molecule has 0 spiro atoms. The Morgan fingerprint density at radius 3 is 3.00 bits per heavy atom. The third-order valence-corrected chi connectivity index (χ3v) is 2.16. The van der Waals surface area contributed by atoms with E-state index in [1.165, 1.54) is 0 Å². The highest BCUT2D eigenvalue weighted by atomic mass is 16.6. The van der Waals surface area contributed by atoms with Gasteiger partial charge in [-0.05, 0) is 12.5 Å². The van der Waals surface area contributed by atoms with Crippen molar-refractivity contribution >= 4 is 6.09 Å². The van der Waals surface area contributed by atoms with Gasteiger partial charge in [0, 0.05) is 7.05 Å². The van der Waals surface area contributed by atoms with Gasteiger partial charge in [0.15, 0.2) is 6.10 Å². The molecule has 1 fully saturated rings. The van der Waals surface area contributed by atoms with Gasteiger partial charge in [-0.3, -0.25) is 4.68 Å². The van der Waals surface area contributed by atoms with E-state index in [9.17, 15) is 4.79 Å². The molecule has 5 heteroatoms. The van der Waals surface area contributed by atoms with Crippen LogP contribution in [0.1, 0.15) is 17.4 Å². The van der Waals surface area contributed by atoms with E-state index in [0.29, 0.717) is 6.54 Å². The maximum absolute atomic E-state index is 10.8. The van der Waals surface area contributed by atoms with Crippen molar-refractivity contribution in [2.45, 2.75) is 13.0 Å². The van der Waals surface area contributed by atoms with E-state index in [4.69, 9.17) is 4.74 Å². The van der Waals surface area contributed by atoms with Gasteiger partial charge >= 0.3 is 6.09 Å². The molecule has 5 nitrogen and oxygen atoms in total. The first-order chi connectivity index (χ1) is 6.18. The van der Waals surface area contributed by atoms with E-state index in [1.54, 1.807) is 10.9 Å². The van der Waals surface area contributed by atoms with Gasteiger partial charge in [0.25, 0.3) is 0 Å². The van der Waals surface area contributed by atoms with Crippen LogP contribution in [0.2, 0.25) is 0 Å². The Bertz CT molecular complexity index is 326. The Morgan fingerprint density at radius 2 is 2.54 bits per heavy atom. The summed E-state index contributed by atoms with van der Waals surface area (Å²) in [4.78, 5) is 10.8. The van der Waals surface area contributed by atoms with Gasteiger partial charge in [-0.1, -0.05) is 0 Å². The number of hydrogen-bond donors (Lipinski definition) is 1. The second-order valence-electron chi connectivity index (χ2n) is 3.11. The minimum Gasteiger partial charge on any atom is -0.438 e. The van der Waals surface area contributed by atoms with Crippen molar-refractivity contribution in [1.82, 2.24) is 15.1 Å². The van der Waals surface area contributed by atoms with E-state index in [2.05, 4.69) is 10.4 Å². The Kier molecular flexibility index (Phi) is 1.72. The third-order valence-electron chi connectivity index (χ3n) is 2.16. The van der Waals surface area contributed by atoms with Gasteiger partial charge in [-0.15, -0.1) is 0 Å². The highest BCUT2D eigenvalue weighted by Gasteiger charge is 2.27. The normalized spacial score (nSPS) is 21.4. The van der Waals surface area contributed by atoms with Crippen LogP contribution < -0.4 is 5.32 Å². The fourth-order valence-electron chi connectivity index (χ4n) is 1.56. The van der Waals surface area contributed by atoms with Crippen LogP contribution in [0.15, 0.2) is 6.20 Å². The number of carbonyl (C=O) groups is 1. The number of nitrogens with one attached hydrogen (secondary N) is 1. The van der Waals surface area contributed by atoms with Gasteiger partial charge in [0.1, 0.15) is 0 Å². The summed E-state index contributed by atoms with van der Waals surface area (Å²) < 4.78 is 6.79. The van der Waals surface area contributed by atoms with Crippen LogP contribution in [-0.2, 0) is 11.8 Å². The molecule has 2 rings (SSSR count). The lowest BCUT2D eigenvalue weighted by Crippen LogP contribution is -2.13. The number of nitrogens with zero attached hydrogens (tertiary/aromatic N) is 2. The second-order valence-corrected chi connectivity index (χ2v) is 3.11. The lowest BCUT2D eigenvalue weighted by molar-refractivity contribution is 0.136. The van der Waals surface area contributed by atoms with E-state index in [-0.39, 0.29) is 12.2 Å². The zero-order valence-corrected chi connectivity index (χ0v) is 7.57. The topological polar surface area (TPSA) is 56.2 Å². The minimum absolute atomic E-state index is 0.194. The predicted octanol–water partition coefficient (Wildman–Crippen LogP) is 0.509. The number of rotatable bonds is 1. The lowest BCUT2D eigenvalue weighted by Gasteiger charge is -2.08. The summed E-state index contributed by atoms with van der Waals surface area (Å²) in [6, 6.07) is 0. The number of alkyl carbamates (subject to hydrolysis) is 1. The molecule has 1 amide bonds.